The summed E-state index contributed by atoms with van der Waals surface area (Å²) >= 11 is 7.80. The molecule has 2 aromatic rings. The second-order valence-corrected chi connectivity index (χ2v) is 6.70. The van der Waals surface area contributed by atoms with Crippen LogP contribution in [0.1, 0.15) is 11.1 Å². The molecule has 0 N–H and O–H groups in total. The molecule has 0 saturated carbocycles. The maximum Gasteiger partial charge on any atom is 0.0406 e. The van der Waals surface area contributed by atoms with Crippen molar-refractivity contribution in [2.75, 3.05) is 18.8 Å². The Morgan fingerprint density at radius 3 is 2.55 bits per heavy atom. The number of nitrogens with zero attached hydrogens (tertiary/aromatic N) is 1. The molecule has 1 nitrogen and oxygen atoms in total. The fourth-order valence-corrected chi connectivity index (χ4v) is 3.61. The molecule has 104 valence electrons. The SMILES string of the molecule is Clc1ccc(SCCN2CCc3ccccc3C2)cc1. The summed E-state index contributed by atoms with van der Waals surface area (Å²) in [5.74, 6) is 1.13. The molecule has 0 bridgehead atoms. The lowest BCUT2D eigenvalue weighted by Gasteiger charge is -2.28. The second-order valence-electron chi connectivity index (χ2n) is 5.10. The van der Waals surface area contributed by atoms with E-state index in [2.05, 4.69) is 41.3 Å². The van der Waals surface area contributed by atoms with E-state index in [0.717, 1.165) is 23.9 Å². The molecule has 0 radical (unpaired) electrons. The highest BCUT2D eigenvalue weighted by Gasteiger charge is 2.14. The molecule has 2 aromatic carbocycles. The molecule has 0 aromatic heterocycles. The van der Waals surface area contributed by atoms with Crippen LogP contribution in [0.15, 0.2) is 53.4 Å². The third-order valence-electron chi connectivity index (χ3n) is 3.70. The van der Waals surface area contributed by atoms with Gasteiger partial charge >= 0.3 is 0 Å². The van der Waals surface area contributed by atoms with Crippen LogP contribution in [-0.2, 0) is 13.0 Å². The average Bonchev–Trinajstić information content (AvgIpc) is 2.49. The van der Waals surface area contributed by atoms with E-state index in [0.29, 0.717) is 0 Å². The first kappa shape index (κ1) is 14.0. The third kappa shape index (κ3) is 3.57. The van der Waals surface area contributed by atoms with Gasteiger partial charge in [0.1, 0.15) is 0 Å². The Labute approximate surface area is 129 Å². The molecule has 0 atom stereocenters. The first-order chi connectivity index (χ1) is 9.81. The molecular weight excluding hydrogens is 286 g/mol. The highest BCUT2D eigenvalue weighted by Crippen LogP contribution is 2.22. The number of hydrogen-bond donors (Lipinski definition) is 0. The quantitative estimate of drug-likeness (QED) is 0.766. The van der Waals surface area contributed by atoms with Crippen molar-refractivity contribution in [2.45, 2.75) is 17.9 Å². The number of hydrogen-bond acceptors (Lipinski definition) is 2. The van der Waals surface area contributed by atoms with E-state index < -0.39 is 0 Å². The highest BCUT2D eigenvalue weighted by molar-refractivity contribution is 7.99. The Morgan fingerprint density at radius 1 is 1.00 bits per heavy atom. The molecule has 1 heterocycles. The van der Waals surface area contributed by atoms with E-state index in [1.807, 2.05) is 23.9 Å². The van der Waals surface area contributed by atoms with Crippen LogP contribution in [-0.4, -0.2) is 23.7 Å². The summed E-state index contributed by atoms with van der Waals surface area (Å²) in [4.78, 5) is 3.84. The van der Waals surface area contributed by atoms with Gasteiger partial charge in [-0.1, -0.05) is 35.9 Å². The minimum Gasteiger partial charge on any atom is -0.298 e. The first-order valence-corrected chi connectivity index (χ1v) is 8.35. The monoisotopic (exact) mass is 303 g/mol. The van der Waals surface area contributed by atoms with Crippen LogP contribution in [0.4, 0.5) is 0 Å². The molecular formula is C17H18ClNS. The van der Waals surface area contributed by atoms with Crippen molar-refractivity contribution in [3.8, 4) is 0 Å². The van der Waals surface area contributed by atoms with Crippen LogP contribution in [0.3, 0.4) is 0 Å². The van der Waals surface area contributed by atoms with Gasteiger partial charge in [0.05, 0.1) is 0 Å². The second kappa shape index (κ2) is 6.66. The fraction of sp³-hybridized carbons (Fsp3) is 0.294. The number of halogens is 1. The van der Waals surface area contributed by atoms with Gasteiger partial charge in [-0.25, -0.2) is 0 Å². The summed E-state index contributed by atoms with van der Waals surface area (Å²) in [5, 5.41) is 0.807. The summed E-state index contributed by atoms with van der Waals surface area (Å²) in [6.07, 6.45) is 1.18. The van der Waals surface area contributed by atoms with E-state index in [1.165, 1.54) is 29.0 Å². The normalized spacial score (nSPS) is 15.1. The lowest BCUT2D eigenvalue weighted by molar-refractivity contribution is 0.270. The maximum absolute atomic E-state index is 5.90. The minimum absolute atomic E-state index is 0.807. The zero-order valence-corrected chi connectivity index (χ0v) is 13.0. The predicted octanol–water partition coefficient (Wildman–Crippen LogP) is 4.49. The van der Waals surface area contributed by atoms with E-state index in [9.17, 15) is 0 Å². The van der Waals surface area contributed by atoms with Gasteiger partial charge in [0.15, 0.2) is 0 Å². The standard InChI is InChI=1S/C17H18ClNS/c18-16-5-7-17(8-6-16)20-12-11-19-10-9-14-3-1-2-4-15(14)13-19/h1-8H,9-13H2. The van der Waals surface area contributed by atoms with Crippen LogP contribution in [0, 0.1) is 0 Å². The van der Waals surface area contributed by atoms with Gasteiger partial charge in [0.25, 0.3) is 0 Å². The Hall–Kier alpha value is -0.960. The van der Waals surface area contributed by atoms with Crippen molar-refractivity contribution < 1.29 is 0 Å². The fourth-order valence-electron chi connectivity index (χ4n) is 2.57. The van der Waals surface area contributed by atoms with E-state index in [1.54, 1.807) is 0 Å². The van der Waals surface area contributed by atoms with Crippen LogP contribution in [0.2, 0.25) is 5.02 Å². The zero-order chi connectivity index (χ0) is 13.8. The minimum atomic E-state index is 0.807. The molecule has 0 unspecified atom stereocenters. The lowest BCUT2D eigenvalue weighted by Crippen LogP contribution is -2.32. The molecule has 0 aliphatic carbocycles. The predicted molar refractivity (Wildman–Crippen MR) is 87.6 cm³/mol. The Kier molecular flexibility index (Phi) is 4.66. The Bertz CT molecular complexity index is 567. The van der Waals surface area contributed by atoms with Crippen LogP contribution in [0.25, 0.3) is 0 Å². The molecule has 0 spiro atoms. The van der Waals surface area contributed by atoms with E-state index in [4.69, 9.17) is 11.6 Å². The summed E-state index contributed by atoms with van der Waals surface area (Å²) in [6, 6.07) is 16.9. The molecule has 3 heteroatoms. The van der Waals surface area contributed by atoms with Gasteiger partial charge < -0.3 is 0 Å². The van der Waals surface area contributed by atoms with Crippen molar-refractivity contribution in [3.05, 3.63) is 64.7 Å². The Balaban J connectivity index is 1.49. The molecule has 0 fully saturated rings. The number of fused-ring (bicyclic) bond motifs is 1. The summed E-state index contributed by atoms with van der Waals surface area (Å²) in [6.45, 7) is 3.41. The molecule has 1 aliphatic rings. The van der Waals surface area contributed by atoms with Gasteiger partial charge in [-0.3, -0.25) is 4.90 Å². The van der Waals surface area contributed by atoms with Crippen LogP contribution < -0.4 is 0 Å². The van der Waals surface area contributed by atoms with Crippen LogP contribution in [0.5, 0.6) is 0 Å². The summed E-state index contributed by atoms with van der Waals surface area (Å²) < 4.78 is 0. The molecule has 3 rings (SSSR count). The number of benzene rings is 2. The van der Waals surface area contributed by atoms with Crippen molar-refractivity contribution in [2.24, 2.45) is 0 Å². The summed E-state index contributed by atoms with van der Waals surface area (Å²) in [5.41, 5.74) is 3.02. The first-order valence-electron chi connectivity index (χ1n) is 6.99. The van der Waals surface area contributed by atoms with Crippen molar-refractivity contribution in [3.63, 3.8) is 0 Å². The van der Waals surface area contributed by atoms with E-state index >= 15 is 0 Å². The van der Waals surface area contributed by atoms with Crippen molar-refractivity contribution in [1.82, 2.24) is 4.90 Å². The van der Waals surface area contributed by atoms with Crippen molar-refractivity contribution >= 4 is 23.4 Å². The Morgan fingerprint density at radius 2 is 1.75 bits per heavy atom. The van der Waals surface area contributed by atoms with Gasteiger partial charge in [-0.05, 0) is 41.8 Å². The molecule has 0 amide bonds. The molecule has 0 saturated heterocycles. The number of rotatable bonds is 4. The molecule has 20 heavy (non-hydrogen) atoms. The zero-order valence-electron chi connectivity index (χ0n) is 11.4. The van der Waals surface area contributed by atoms with Gasteiger partial charge in [-0.2, -0.15) is 0 Å². The van der Waals surface area contributed by atoms with E-state index in [-0.39, 0.29) is 0 Å². The van der Waals surface area contributed by atoms with Gasteiger partial charge in [-0.15, -0.1) is 11.8 Å². The highest BCUT2D eigenvalue weighted by atomic mass is 35.5. The van der Waals surface area contributed by atoms with Crippen molar-refractivity contribution in [1.29, 1.82) is 0 Å². The summed E-state index contributed by atoms with van der Waals surface area (Å²) in [7, 11) is 0. The lowest BCUT2D eigenvalue weighted by atomic mass is 10.0. The smallest absolute Gasteiger partial charge is 0.0406 e. The largest absolute Gasteiger partial charge is 0.298 e. The maximum atomic E-state index is 5.90. The van der Waals surface area contributed by atoms with Gasteiger partial charge in [0, 0.05) is 35.3 Å². The topological polar surface area (TPSA) is 3.24 Å². The van der Waals surface area contributed by atoms with Gasteiger partial charge in [0.2, 0.25) is 0 Å². The number of thioether (sulfide) groups is 1. The van der Waals surface area contributed by atoms with Crippen LogP contribution >= 0.6 is 23.4 Å². The third-order valence-corrected chi connectivity index (χ3v) is 4.94. The molecule has 1 aliphatic heterocycles. The average molecular weight is 304 g/mol.